The predicted octanol–water partition coefficient (Wildman–Crippen LogP) is 1.85. The second-order valence-corrected chi connectivity index (χ2v) is 7.56. The minimum atomic E-state index is -3.62. The summed E-state index contributed by atoms with van der Waals surface area (Å²) in [5.74, 6) is 0.736. The van der Waals surface area contributed by atoms with Gasteiger partial charge in [0.2, 0.25) is 10.0 Å². The van der Waals surface area contributed by atoms with Crippen LogP contribution in [-0.2, 0) is 16.6 Å². The van der Waals surface area contributed by atoms with Crippen LogP contribution < -0.4 is 4.72 Å². The Bertz CT molecular complexity index is 560. The van der Waals surface area contributed by atoms with Crippen molar-refractivity contribution in [2.45, 2.75) is 69.9 Å². The molecular weight excluding hydrogens is 290 g/mol. The van der Waals surface area contributed by atoms with Gasteiger partial charge < -0.3 is 5.11 Å². The number of aromatic amines is 1. The van der Waals surface area contributed by atoms with Crippen molar-refractivity contribution in [3.63, 3.8) is 0 Å². The number of sulfonamides is 1. The van der Waals surface area contributed by atoms with Crippen LogP contribution in [0.15, 0.2) is 4.90 Å². The lowest BCUT2D eigenvalue weighted by Crippen LogP contribution is -2.38. The molecule has 1 saturated carbocycles. The maximum Gasteiger partial charge on any atom is 0.244 e. The molecule has 1 aromatic rings. The molecule has 6 nitrogen and oxygen atoms in total. The fourth-order valence-electron chi connectivity index (χ4n) is 3.19. The number of aromatic nitrogens is 2. The number of nitrogens with one attached hydrogen (secondary N) is 2. The molecule has 0 saturated heterocycles. The summed E-state index contributed by atoms with van der Waals surface area (Å²) in [6.07, 6.45) is 6.35. The third-order valence-corrected chi connectivity index (χ3v) is 5.97. The summed E-state index contributed by atoms with van der Waals surface area (Å²) in [5.41, 5.74) is 0.644. The third-order valence-electron chi connectivity index (χ3n) is 4.25. The Kier molecular flexibility index (Phi) is 5.40. The zero-order chi connectivity index (χ0) is 15.5. The number of aryl methyl sites for hydroxylation is 1. The van der Waals surface area contributed by atoms with E-state index in [0.717, 1.165) is 31.6 Å². The molecule has 1 fully saturated rings. The van der Waals surface area contributed by atoms with Gasteiger partial charge in [0.05, 0.1) is 12.3 Å². The maximum absolute atomic E-state index is 12.5. The number of hydrogen-bond donors (Lipinski definition) is 3. The SMILES string of the molecule is CCCC1CCC(NS(=O)(=O)c2c(CO)n[nH]c2C)CC1. The molecule has 1 aromatic heterocycles. The molecule has 1 aliphatic carbocycles. The Labute approximate surface area is 126 Å². The van der Waals surface area contributed by atoms with Gasteiger partial charge in [0.15, 0.2) is 0 Å². The van der Waals surface area contributed by atoms with Gasteiger partial charge >= 0.3 is 0 Å². The molecule has 1 heterocycles. The fraction of sp³-hybridized carbons (Fsp3) is 0.786. The summed E-state index contributed by atoms with van der Waals surface area (Å²) in [6, 6.07) is -0.0102. The average Bonchev–Trinajstić information content (AvgIpc) is 2.83. The molecule has 7 heteroatoms. The van der Waals surface area contributed by atoms with E-state index in [1.54, 1.807) is 6.92 Å². The van der Waals surface area contributed by atoms with E-state index in [4.69, 9.17) is 0 Å². The van der Waals surface area contributed by atoms with Crippen LogP contribution in [0, 0.1) is 12.8 Å². The van der Waals surface area contributed by atoms with E-state index >= 15 is 0 Å². The summed E-state index contributed by atoms with van der Waals surface area (Å²) in [7, 11) is -3.62. The summed E-state index contributed by atoms with van der Waals surface area (Å²) < 4.78 is 27.8. The highest BCUT2D eigenvalue weighted by atomic mass is 32.2. The van der Waals surface area contributed by atoms with Crippen LogP contribution in [0.25, 0.3) is 0 Å². The number of aliphatic hydroxyl groups is 1. The van der Waals surface area contributed by atoms with E-state index < -0.39 is 10.0 Å². The van der Waals surface area contributed by atoms with E-state index in [1.807, 2.05) is 0 Å². The molecule has 120 valence electrons. The molecule has 0 bridgehead atoms. The summed E-state index contributed by atoms with van der Waals surface area (Å²) in [4.78, 5) is 0.0979. The largest absolute Gasteiger partial charge is 0.390 e. The summed E-state index contributed by atoms with van der Waals surface area (Å²) >= 11 is 0. The molecule has 0 unspecified atom stereocenters. The summed E-state index contributed by atoms with van der Waals surface area (Å²) in [5, 5.41) is 15.7. The van der Waals surface area contributed by atoms with Gasteiger partial charge in [-0.25, -0.2) is 13.1 Å². The molecule has 2 rings (SSSR count). The van der Waals surface area contributed by atoms with E-state index in [0.29, 0.717) is 5.69 Å². The fourth-order valence-corrected chi connectivity index (χ4v) is 4.85. The Balaban J connectivity index is 2.04. The Hall–Kier alpha value is -0.920. The van der Waals surface area contributed by atoms with Crippen LogP contribution in [0.2, 0.25) is 0 Å². The highest BCUT2D eigenvalue weighted by Gasteiger charge is 2.29. The van der Waals surface area contributed by atoms with Gasteiger partial charge in [-0.3, -0.25) is 5.10 Å². The second kappa shape index (κ2) is 6.89. The van der Waals surface area contributed by atoms with Crippen LogP contribution in [0.3, 0.4) is 0 Å². The lowest BCUT2D eigenvalue weighted by molar-refractivity contribution is 0.273. The molecule has 0 spiro atoms. The van der Waals surface area contributed by atoms with E-state index in [-0.39, 0.29) is 23.2 Å². The first-order valence-electron chi connectivity index (χ1n) is 7.65. The van der Waals surface area contributed by atoms with Gasteiger partial charge in [0, 0.05) is 6.04 Å². The molecule has 0 radical (unpaired) electrons. The Morgan fingerprint density at radius 1 is 1.33 bits per heavy atom. The number of nitrogens with zero attached hydrogens (tertiary/aromatic N) is 1. The van der Waals surface area contributed by atoms with Crippen molar-refractivity contribution in [2.24, 2.45) is 5.92 Å². The molecule has 1 aliphatic rings. The number of rotatable bonds is 6. The van der Waals surface area contributed by atoms with Gasteiger partial charge in [-0.1, -0.05) is 19.8 Å². The number of aliphatic hydroxyl groups excluding tert-OH is 1. The minimum Gasteiger partial charge on any atom is -0.390 e. The summed E-state index contributed by atoms with van der Waals surface area (Å²) in [6.45, 7) is 3.45. The van der Waals surface area contributed by atoms with Crippen LogP contribution in [-0.4, -0.2) is 29.8 Å². The zero-order valence-corrected chi connectivity index (χ0v) is 13.5. The smallest absolute Gasteiger partial charge is 0.244 e. The monoisotopic (exact) mass is 315 g/mol. The van der Waals surface area contributed by atoms with E-state index in [2.05, 4.69) is 21.8 Å². The maximum atomic E-state index is 12.5. The topological polar surface area (TPSA) is 95.1 Å². The molecule has 0 aromatic carbocycles. The zero-order valence-electron chi connectivity index (χ0n) is 12.7. The van der Waals surface area contributed by atoms with Crippen molar-refractivity contribution < 1.29 is 13.5 Å². The highest BCUT2D eigenvalue weighted by molar-refractivity contribution is 7.89. The first-order valence-corrected chi connectivity index (χ1v) is 9.13. The number of H-pyrrole nitrogens is 1. The van der Waals surface area contributed by atoms with Crippen LogP contribution in [0.1, 0.15) is 56.8 Å². The van der Waals surface area contributed by atoms with Crippen molar-refractivity contribution in [1.29, 1.82) is 0 Å². The van der Waals surface area contributed by atoms with Crippen molar-refractivity contribution in [3.8, 4) is 0 Å². The van der Waals surface area contributed by atoms with E-state index in [9.17, 15) is 13.5 Å². The first kappa shape index (κ1) is 16.5. The highest BCUT2D eigenvalue weighted by Crippen LogP contribution is 2.29. The van der Waals surface area contributed by atoms with Crippen molar-refractivity contribution in [1.82, 2.24) is 14.9 Å². The van der Waals surface area contributed by atoms with Gasteiger partial charge in [-0.05, 0) is 38.5 Å². The second-order valence-electron chi connectivity index (χ2n) is 5.91. The molecular formula is C14H25N3O3S. The van der Waals surface area contributed by atoms with Crippen LogP contribution in [0.4, 0.5) is 0 Å². The minimum absolute atomic E-state index is 0.0102. The third kappa shape index (κ3) is 3.84. The predicted molar refractivity (Wildman–Crippen MR) is 80.2 cm³/mol. The van der Waals surface area contributed by atoms with Crippen molar-refractivity contribution in [3.05, 3.63) is 11.4 Å². The molecule has 0 aliphatic heterocycles. The molecule has 21 heavy (non-hydrogen) atoms. The molecule has 0 amide bonds. The quantitative estimate of drug-likeness (QED) is 0.746. The normalized spacial score (nSPS) is 23.4. The van der Waals surface area contributed by atoms with Gasteiger partial charge in [0.25, 0.3) is 0 Å². The van der Waals surface area contributed by atoms with Crippen LogP contribution in [0.5, 0.6) is 0 Å². The van der Waals surface area contributed by atoms with Gasteiger partial charge in [0.1, 0.15) is 10.6 Å². The van der Waals surface area contributed by atoms with Crippen molar-refractivity contribution in [2.75, 3.05) is 0 Å². The van der Waals surface area contributed by atoms with Crippen molar-refractivity contribution >= 4 is 10.0 Å². The Morgan fingerprint density at radius 2 is 2.00 bits per heavy atom. The number of hydrogen-bond acceptors (Lipinski definition) is 4. The molecule has 0 atom stereocenters. The first-order chi connectivity index (χ1) is 9.97. The lowest BCUT2D eigenvalue weighted by atomic mass is 9.84. The average molecular weight is 315 g/mol. The van der Waals surface area contributed by atoms with Gasteiger partial charge in [-0.15, -0.1) is 0 Å². The molecule has 3 N–H and O–H groups in total. The van der Waals surface area contributed by atoms with Crippen LogP contribution >= 0.6 is 0 Å². The Morgan fingerprint density at radius 3 is 2.57 bits per heavy atom. The van der Waals surface area contributed by atoms with Gasteiger partial charge in [-0.2, -0.15) is 5.10 Å². The van der Waals surface area contributed by atoms with E-state index in [1.165, 1.54) is 12.8 Å². The lowest BCUT2D eigenvalue weighted by Gasteiger charge is -2.28. The standard InChI is InChI=1S/C14H25N3O3S/c1-3-4-11-5-7-12(8-6-11)17-21(19,20)14-10(2)15-16-13(14)9-18/h11-12,17-18H,3-9H2,1-2H3,(H,15,16).